The van der Waals surface area contributed by atoms with E-state index in [9.17, 15) is 0 Å². The molecule has 0 spiro atoms. The van der Waals surface area contributed by atoms with E-state index in [0.717, 1.165) is 22.7 Å². The molecule has 1 aliphatic heterocycles. The first-order chi connectivity index (χ1) is 28.8. The predicted molar refractivity (Wildman–Crippen MR) is 247 cm³/mol. The molecule has 1 aliphatic rings. The van der Waals surface area contributed by atoms with Gasteiger partial charge in [0.15, 0.2) is 0 Å². The first-order valence-electron chi connectivity index (χ1n) is 20.0. The minimum absolute atomic E-state index is 1.01. The Morgan fingerprint density at radius 3 is 1.48 bits per heavy atom. The van der Waals surface area contributed by atoms with Crippen molar-refractivity contribution >= 4 is 65.9 Å². The van der Waals surface area contributed by atoms with Gasteiger partial charge in [-0.3, -0.25) is 0 Å². The van der Waals surface area contributed by atoms with Gasteiger partial charge in [0.25, 0.3) is 0 Å². The summed E-state index contributed by atoms with van der Waals surface area (Å²) < 4.78 is 7.40. The minimum atomic E-state index is 1.01. The highest BCUT2D eigenvalue weighted by molar-refractivity contribution is 6.28. The fourth-order valence-corrected chi connectivity index (χ4v) is 9.55. The number of rotatable bonds is 5. The molecule has 1 aromatic heterocycles. The van der Waals surface area contributed by atoms with Crippen LogP contribution in [0, 0.1) is 0 Å². The van der Waals surface area contributed by atoms with Gasteiger partial charge in [0.2, 0.25) is 0 Å². The van der Waals surface area contributed by atoms with Crippen molar-refractivity contribution < 1.29 is 0 Å². The van der Waals surface area contributed by atoms with E-state index >= 15 is 0 Å². The molecule has 0 radical (unpaired) electrons. The molecule has 58 heavy (non-hydrogen) atoms. The van der Waals surface area contributed by atoms with Crippen LogP contribution in [0.25, 0.3) is 93.1 Å². The summed E-state index contributed by atoms with van der Waals surface area (Å²) in [6.45, 7) is 0. The number of para-hydroxylation sites is 1. The average Bonchev–Trinajstić information content (AvgIpc) is 3.87. The molecular formula is C56H35N2+. The van der Waals surface area contributed by atoms with E-state index in [1.54, 1.807) is 0 Å². The molecule has 0 saturated heterocycles. The molecule has 0 amide bonds. The largest absolute Gasteiger partial charge is 0.344 e. The fourth-order valence-electron chi connectivity index (χ4n) is 9.55. The molecule has 10 aromatic carbocycles. The molecule has 0 aliphatic carbocycles. The van der Waals surface area contributed by atoms with Crippen LogP contribution >= 0.6 is 0 Å². The van der Waals surface area contributed by atoms with Crippen molar-refractivity contribution in [2.45, 2.75) is 0 Å². The maximum Gasteiger partial charge on any atom is 0.344 e. The molecule has 0 bridgehead atoms. The smallest absolute Gasteiger partial charge is 0.303 e. The van der Waals surface area contributed by atoms with Crippen LogP contribution in [0.2, 0.25) is 0 Å². The van der Waals surface area contributed by atoms with Gasteiger partial charge in [-0.1, -0.05) is 168 Å². The second-order valence-corrected chi connectivity index (χ2v) is 15.2. The summed E-state index contributed by atoms with van der Waals surface area (Å²) in [7, 11) is 0. The van der Waals surface area contributed by atoms with Crippen LogP contribution in [0.1, 0.15) is 16.8 Å². The SMILES string of the molecule is C1=[N+]=C(c2ccccc2)c2c1n(-c1ccccc1)c1ccc(-c3ccc4c(-c5cccc6ccccc56)c5ccccc5c(-c5cccc6ccccc56)c4c3)cc21. The topological polar surface area (TPSA) is 19.0 Å². The van der Waals surface area contributed by atoms with Gasteiger partial charge in [-0.15, -0.1) is 0 Å². The lowest BCUT2D eigenvalue weighted by atomic mass is 9.83. The third-order valence-electron chi connectivity index (χ3n) is 12.1. The molecular weight excluding hydrogens is 701 g/mol. The zero-order valence-corrected chi connectivity index (χ0v) is 31.6. The van der Waals surface area contributed by atoms with Crippen molar-refractivity contribution in [1.29, 1.82) is 0 Å². The van der Waals surface area contributed by atoms with Gasteiger partial charge >= 0.3 is 11.9 Å². The molecule has 12 rings (SSSR count). The monoisotopic (exact) mass is 735 g/mol. The number of benzene rings is 10. The molecule has 0 atom stereocenters. The molecule has 2 nitrogen and oxygen atoms in total. The van der Waals surface area contributed by atoms with Gasteiger partial charge in [-0.25, -0.2) is 0 Å². The standard InChI is InChI=1S/C56H35N2/c1-3-17-38(18-4-1)56-55-50-34-40(30-32-51(50)58(52(55)35-57-56)41-21-5-2-6-22-41)39-29-31-48-49(33-39)54(45-28-14-20-37-16-8-10-24-43(37)45)47-26-12-11-25-46(47)53(48)44-27-13-19-36-15-7-9-23-42(36)44/h1-35H/q+1. The summed E-state index contributed by atoms with van der Waals surface area (Å²) in [5.74, 6) is 0. The lowest BCUT2D eigenvalue weighted by molar-refractivity contribution is 1.11. The zero-order valence-electron chi connectivity index (χ0n) is 31.6. The van der Waals surface area contributed by atoms with Crippen LogP contribution in [-0.4, -0.2) is 16.5 Å². The first kappa shape index (κ1) is 32.5. The number of nitrogens with zero attached hydrogens (tertiary/aromatic N) is 2. The lowest BCUT2D eigenvalue weighted by Gasteiger charge is -2.20. The summed E-state index contributed by atoms with van der Waals surface area (Å²) >= 11 is 0. The van der Waals surface area contributed by atoms with Gasteiger partial charge in [0.05, 0.1) is 11.1 Å². The zero-order chi connectivity index (χ0) is 38.2. The van der Waals surface area contributed by atoms with Gasteiger partial charge in [0.1, 0.15) is 11.3 Å². The predicted octanol–water partition coefficient (Wildman–Crippen LogP) is 13.6. The van der Waals surface area contributed by atoms with Crippen LogP contribution < -0.4 is 4.67 Å². The molecule has 0 N–H and O–H groups in total. The Hall–Kier alpha value is -7.77. The first-order valence-corrected chi connectivity index (χ1v) is 20.0. The van der Waals surface area contributed by atoms with Crippen molar-refractivity contribution in [3.05, 3.63) is 223 Å². The molecule has 2 heteroatoms. The Morgan fingerprint density at radius 2 is 0.828 bits per heavy atom. The maximum absolute atomic E-state index is 5.04. The highest BCUT2D eigenvalue weighted by Crippen LogP contribution is 2.48. The Balaban J connectivity index is 1.16. The molecule has 268 valence electrons. The Labute approximate surface area is 336 Å². The second kappa shape index (κ2) is 12.9. The number of hydrogen-bond donors (Lipinski definition) is 0. The third-order valence-corrected chi connectivity index (χ3v) is 12.1. The van der Waals surface area contributed by atoms with Gasteiger partial charge in [-0.05, 0) is 119 Å². The summed E-state index contributed by atoms with van der Waals surface area (Å²) in [6.07, 6.45) is 2.04. The number of aromatic nitrogens is 1. The van der Waals surface area contributed by atoms with E-state index in [1.807, 2.05) is 6.21 Å². The fraction of sp³-hybridized carbons (Fsp3) is 0. The van der Waals surface area contributed by atoms with Crippen molar-refractivity contribution in [1.82, 2.24) is 9.24 Å². The van der Waals surface area contributed by atoms with E-state index in [2.05, 4.69) is 211 Å². The molecule has 2 heterocycles. The average molecular weight is 736 g/mol. The van der Waals surface area contributed by atoms with Crippen LogP contribution in [0.5, 0.6) is 0 Å². The van der Waals surface area contributed by atoms with Crippen molar-refractivity contribution in [3.63, 3.8) is 0 Å². The molecule has 0 unspecified atom stereocenters. The Kier molecular flexibility index (Phi) is 7.22. The van der Waals surface area contributed by atoms with E-state index in [1.165, 1.54) is 92.9 Å². The normalized spacial score (nSPS) is 12.2. The summed E-state index contributed by atoms with van der Waals surface area (Å²) in [6, 6.07) is 75.3. The minimum Gasteiger partial charge on any atom is -0.303 e. The van der Waals surface area contributed by atoms with Crippen LogP contribution in [0.4, 0.5) is 0 Å². The van der Waals surface area contributed by atoms with Crippen LogP contribution in [0.15, 0.2) is 206 Å². The van der Waals surface area contributed by atoms with Gasteiger partial charge in [0, 0.05) is 11.1 Å². The Morgan fingerprint density at radius 1 is 0.328 bits per heavy atom. The lowest BCUT2D eigenvalue weighted by Crippen LogP contribution is -2.03. The van der Waals surface area contributed by atoms with E-state index in [-0.39, 0.29) is 0 Å². The van der Waals surface area contributed by atoms with Crippen molar-refractivity contribution in [3.8, 4) is 39.1 Å². The maximum atomic E-state index is 5.04. The quantitative estimate of drug-likeness (QED) is 0.124. The summed E-state index contributed by atoms with van der Waals surface area (Å²) in [4.78, 5) is 0. The highest BCUT2D eigenvalue weighted by Gasteiger charge is 2.34. The van der Waals surface area contributed by atoms with Gasteiger partial charge in [-0.2, -0.15) is 0 Å². The van der Waals surface area contributed by atoms with Crippen molar-refractivity contribution in [2.24, 2.45) is 0 Å². The van der Waals surface area contributed by atoms with Crippen LogP contribution in [0.3, 0.4) is 0 Å². The number of hydrogen-bond acceptors (Lipinski definition) is 0. The van der Waals surface area contributed by atoms with Gasteiger partial charge < -0.3 is 4.57 Å². The van der Waals surface area contributed by atoms with Crippen LogP contribution in [-0.2, 0) is 0 Å². The summed E-state index contributed by atoms with van der Waals surface area (Å²) in [5, 5.41) is 11.2. The van der Waals surface area contributed by atoms with Crippen molar-refractivity contribution in [2.75, 3.05) is 0 Å². The van der Waals surface area contributed by atoms with E-state index in [0.29, 0.717) is 0 Å². The Bertz CT molecular complexity index is 3520. The second-order valence-electron chi connectivity index (χ2n) is 15.2. The highest BCUT2D eigenvalue weighted by atomic mass is 15.0. The molecule has 0 saturated carbocycles. The third kappa shape index (κ3) is 4.90. The summed E-state index contributed by atoms with van der Waals surface area (Å²) in [5.41, 5.74) is 14.1. The van der Waals surface area contributed by atoms with E-state index < -0.39 is 0 Å². The van der Waals surface area contributed by atoms with E-state index in [4.69, 9.17) is 4.67 Å². The number of fused-ring (bicyclic) bond motifs is 7. The molecule has 0 fully saturated rings. The molecule has 11 aromatic rings.